The van der Waals surface area contributed by atoms with Crippen molar-refractivity contribution in [2.45, 2.75) is 6.54 Å². The topological polar surface area (TPSA) is 47.0 Å². The molecule has 0 aliphatic heterocycles. The predicted octanol–water partition coefficient (Wildman–Crippen LogP) is 2.55. The minimum atomic E-state index is -0.404. The van der Waals surface area contributed by atoms with Crippen molar-refractivity contribution >= 4 is 11.0 Å². The average molecular weight is 272 g/mol. The first kappa shape index (κ1) is 12.5. The summed E-state index contributed by atoms with van der Waals surface area (Å²) in [5.74, 6) is -0.209. The fraction of sp³-hybridized carbons (Fsp3) is 0.133. The van der Waals surface area contributed by atoms with Crippen molar-refractivity contribution in [2.75, 3.05) is 6.61 Å². The first-order chi connectivity index (χ1) is 9.75. The number of hydrogen-bond acceptors (Lipinski definition) is 2. The lowest BCUT2D eigenvalue weighted by Crippen LogP contribution is -2.20. The standard InChI is InChI=1S/C15H13FN2O2/c16-11-5-1-4-8-14(11)20-10-9-18-13-7-3-2-6-12(13)17-15(18)19/h1-8H,9-10H2,(H,17,19). The van der Waals surface area contributed by atoms with Gasteiger partial charge in [0.15, 0.2) is 11.6 Å². The molecule has 0 radical (unpaired) electrons. The van der Waals surface area contributed by atoms with E-state index >= 15 is 0 Å². The number of hydrogen-bond donors (Lipinski definition) is 1. The van der Waals surface area contributed by atoms with Gasteiger partial charge < -0.3 is 9.72 Å². The highest BCUT2D eigenvalue weighted by Crippen LogP contribution is 2.15. The smallest absolute Gasteiger partial charge is 0.326 e. The molecule has 0 atom stereocenters. The molecule has 1 N–H and O–H groups in total. The number of aromatic amines is 1. The summed E-state index contributed by atoms with van der Waals surface area (Å²) in [6.07, 6.45) is 0. The van der Waals surface area contributed by atoms with Gasteiger partial charge in [-0.25, -0.2) is 9.18 Å². The fourth-order valence-corrected chi connectivity index (χ4v) is 2.14. The normalized spacial score (nSPS) is 10.8. The number of para-hydroxylation sites is 3. The maximum atomic E-state index is 13.4. The monoisotopic (exact) mass is 272 g/mol. The molecule has 0 aliphatic carbocycles. The first-order valence-corrected chi connectivity index (χ1v) is 6.30. The van der Waals surface area contributed by atoms with Crippen molar-refractivity contribution in [1.82, 2.24) is 9.55 Å². The molecule has 0 aliphatic rings. The molecule has 3 aromatic rings. The van der Waals surface area contributed by atoms with Gasteiger partial charge in [-0.2, -0.15) is 0 Å². The van der Waals surface area contributed by atoms with E-state index in [9.17, 15) is 9.18 Å². The zero-order valence-corrected chi connectivity index (χ0v) is 10.7. The zero-order valence-electron chi connectivity index (χ0n) is 10.7. The molecule has 2 aromatic carbocycles. The van der Waals surface area contributed by atoms with Crippen LogP contribution in [0.2, 0.25) is 0 Å². The van der Waals surface area contributed by atoms with Crippen molar-refractivity contribution in [1.29, 1.82) is 0 Å². The number of benzene rings is 2. The summed E-state index contributed by atoms with van der Waals surface area (Å²) in [6.45, 7) is 0.583. The van der Waals surface area contributed by atoms with Crippen LogP contribution in [0.1, 0.15) is 0 Å². The number of imidazole rings is 1. The van der Waals surface area contributed by atoms with Crippen molar-refractivity contribution < 1.29 is 9.13 Å². The highest BCUT2D eigenvalue weighted by atomic mass is 19.1. The molecule has 0 bridgehead atoms. The molecule has 0 spiro atoms. The van der Waals surface area contributed by atoms with E-state index in [0.717, 1.165) is 11.0 Å². The molecule has 3 rings (SSSR count). The lowest BCUT2D eigenvalue weighted by Gasteiger charge is -2.07. The summed E-state index contributed by atoms with van der Waals surface area (Å²) in [4.78, 5) is 14.6. The quantitative estimate of drug-likeness (QED) is 0.793. The third kappa shape index (κ3) is 2.30. The van der Waals surface area contributed by atoms with Crippen molar-refractivity contribution in [3.8, 4) is 5.75 Å². The Labute approximate surface area is 114 Å². The van der Waals surface area contributed by atoms with E-state index in [1.807, 2.05) is 24.3 Å². The molecule has 0 saturated heterocycles. The SMILES string of the molecule is O=c1[nH]c2ccccc2n1CCOc1ccccc1F. The van der Waals surface area contributed by atoms with Crippen LogP contribution in [0.3, 0.4) is 0 Å². The molecule has 0 amide bonds. The summed E-state index contributed by atoms with van der Waals surface area (Å²) >= 11 is 0. The van der Waals surface area contributed by atoms with Gasteiger partial charge in [-0.1, -0.05) is 24.3 Å². The summed E-state index contributed by atoms with van der Waals surface area (Å²) in [5.41, 5.74) is 1.40. The number of aromatic nitrogens is 2. The molecule has 0 fully saturated rings. The largest absolute Gasteiger partial charge is 0.489 e. The molecule has 5 heteroatoms. The zero-order chi connectivity index (χ0) is 13.9. The lowest BCUT2D eigenvalue weighted by molar-refractivity contribution is 0.284. The molecular formula is C15H13FN2O2. The Morgan fingerprint density at radius 1 is 1.10 bits per heavy atom. The second-order valence-corrected chi connectivity index (χ2v) is 4.38. The van der Waals surface area contributed by atoms with E-state index in [0.29, 0.717) is 6.54 Å². The Morgan fingerprint density at radius 2 is 1.85 bits per heavy atom. The van der Waals surface area contributed by atoms with E-state index in [4.69, 9.17) is 4.74 Å². The Kier molecular flexibility index (Phi) is 3.25. The Bertz CT molecular complexity index is 792. The van der Waals surface area contributed by atoms with Crippen LogP contribution in [-0.2, 0) is 6.54 Å². The summed E-state index contributed by atoms with van der Waals surface area (Å²) in [7, 11) is 0. The van der Waals surface area contributed by atoms with Gasteiger partial charge in [0.2, 0.25) is 0 Å². The predicted molar refractivity (Wildman–Crippen MR) is 74.5 cm³/mol. The number of nitrogens with one attached hydrogen (secondary N) is 1. The van der Waals surface area contributed by atoms with Gasteiger partial charge in [0, 0.05) is 0 Å². The first-order valence-electron chi connectivity index (χ1n) is 6.30. The van der Waals surface area contributed by atoms with Crippen molar-refractivity contribution in [2.24, 2.45) is 0 Å². The fourth-order valence-electron chi connectivity index (χ4n) is 2.14. The number of ether oxygens (including phenoxy) is 1. The number of nitrogens with zero attached hydrogens (tertiary/aromatic N) is 1. The van der Waals surface area contributed by atoms with Gasteiger partial charge in [0.1, 0.15) is 6.61 Å². The summed E-state index contributed by atoms with van der Waals surface area (Å²) in [5, 5.41) is 0. The second-order valence-electron chi connectivity index (χ2n) is 4.38. The minimum Gasteiger partial charge on any atom is -0.489 e. The van der Waals surface area contributed by atoms with E-state index in [2.05, 4.69) is 4.98 Å². The van der Waals surface area contributed by atoms with Crippen LogP contribution < -0.4 is 10.4 Å². The van der Waals surface area contributed by atoms with Crippen LogP contribution in [-0.4, -0.2) is 16.2 Å². The second kappa shape index (κ2) is 5.21. The van der Waals surface area contributed by atoms with Crippen LogP contribution in [0.25, 0.3) is 11.0 Å². The van der Waals surface area contributed by atoms with E-state index in [1.54, 1.807) is 22.8 Å². The maximum Gasteiger partial charge on any atom is 0.326 e. The van der Waals surface area contributed by atoms with Gasteiger partial charge in [-0.15, -0.1) is 0 Å². The average Bonchev–Trinajstić information content (AvgIpc) is 2.77. The Morgan fingerprint density at radius 3 is 2.70 bits per heavy atom. The highest BCUT2D eigenvalue weighted by molar-refractivity contribution is 5.74. The van der Waals surface area contributed by atoms with Crippen LogP contribution in [0.15, 0.2) is 53.3 Å². The van der Waals surface area contributed by atoms with Crippen molar-refractivity contribution in [3.05, 3.63) is 64.8 Å². The molecule has 20 heavy (non-hydrogen) atoms. The third-order valence-electron chi connectivity index (χ3n) is 3.09. The van der Waals surface area contributed by atoms with Crippen LogP contribution in [0.5, 0.6) is 5.75 Å². The Hall–Kier alpha value is -2.56. The maximum absolute atomic E-state index is 13.4. The summed E-state index contributed by atoms with van der Waals surface area (Å²) in [6, 6.07) is 13.6. The molecular weight excluding hydrogens is 259 g/mol. The van der Waals surface area contributed by atoms with Gasteiger partial charge in [-0.05, 0) is 24.3 Å². The van der Waals surface area contributed by atoms with Gasteiger partial charge in [0.05, 0.1) is 17.6 Å². The summed E-state index contributed by atoms with van der Waals surface area (Å²) < 4.78 is 20.3. The molecule has 0 saturated carbocycles. The van der Waals surface area contributed by atoms with Crippen molar-refractivity contribution in [3.63, 3.8) is 0 Å². The molecule has 1 heterocycles. The van der Waals surface area contributed by atoms with Gasteiger partial charge in [0.25, 0.3) is 0 Å². The van der Waals surface area contributed by atoms with Crippen LogP contribution in [0, 0.1) is 5.82 Å². The molecule has 0 unspecified atom stereocenters. The van der Waals surface area contributed by atoms with E-state index in [1.165, 1.54) is 6.07 Å². The molecule has 4 nitrogen and oxygen atoms in total. The van der Waals surface area contributed by atoms with Gasteiger partial charge >= 0.3 is 5.69 Å². The number of H-pyrrole nitrogens is 1. The van der Waals surface area contributed by atoms with Gasteiger partial charge in [-0.3, -0.25) is 4.57 Å². The van der Waals surface area contributed by atoms with E-state index in [-0.39, 0.29) is 18.0 Å². The van der Waals surface area contributed by atoms with Crippen LogP contribution in [0.4, 0.5) is 4.39 Å². The Balaban J connectivity index is 1.76. The van der Waals surface area contributed by atoms with Crippen LogP contribution >= 0.6 is 0 Å². The lowest BCUT2D eigenvalue weighted by atomic mass is 10.3. The third-order valence-corrected chi connectivity index (χ3v) is 3.09. The number of fused-ring (bicyclic) bond motifs is 1. The highest BCUT2D eigenvalue weighted by Gasteiger charge is 2.06. The van der Waals surface area contributed by atoms with E-state index < -0.39 is 5.82 Å². The number of rotatable bonds is 4. The molecule has 1 aromatic heterocycles. The minimum absolute atomic E-state index is 0.191. The number of halogens is 1. The molecule has 102 valence electrons.